The minimum atomic E-state index is 1.11. The van der Waals surface area contributed by atoms with Crippen LogP contribution in [0.15, 0.2) is 89.8 Å². The molecule has 3 aliphatic rings. The summed E-state index contributed by atoms with van der Waals surface area (Å²) in [5, 5.41) is 8.76. The van der Waals surface area contributed by atoms with Crippen molar-refractivity contribution in [1.82, 2.24) is 0 Å². The molecule has 0 bridgehead atoms. The lowest BCUT2D eigenvalue weighted by Gasteiger charge is -2.21. The maximum absolute atomic E-state index is 2.30. The minimum Gasteiger partial charge on any atom is -0.0895 e. The van der Waals surface area contributed by atoms with Crippen LogP contribution in [0.25, 0.3) is 5.57 Å². The van der Waals surface area contributed by atoms with E-state index in [1.165, 1.54) is 30.8 Å². The largest absolute Gasteiger partial charge is 0.0895 e. The number of thioether (sulfide) groups is 4. The van der Waals surface area contributed by atoms with Crippen LogP contribution < -0.4 is 0 Å². The summed E-state index contributed by atoms with van der Waals surface area (Å²) in [6.07, 6.45) is 9.00. The van der Waals surface area contributed by atoms with Crippen molar-refractivity contribution in [1.29, 1.82) is 0 Å². The van der Waals surface area contributed by atoms with Crippen LogP contribution in [0.1, 0.15) is 18.4 Å². The van der Waals surface area contributed by atoms with Crippen molar-refractivity contribution in [2.45, 2.75) is 12.8 Å². The molecule has 4 heteroatoms. The second-order valence-corrected chi connectivity index (χ2v) is 9.55. The summed E-state index contributed by atoms with van der Waals surface area (Å²) in [4.78, 5) is 0. The van der Waals surface area contributed by atoms with E-state index in [2.05, 4.69) is 70.2 Å². The Bertz CT molecular complexity index is 787. The van der Waals surface area contributed by atoms with E-state index >= 15 is 0 Å². The SMILES string of the molecule is C1=CCCC(C(=C2SC=CS2)C(=C2SC=CS2)c2ccccc2)=C1. The fourth-order valence-corrected chi connectivity index (χ4v) is 6.70. The summed E-state index contributed by atoms with van der Waals surface area (Å²) < 4.78 is 2.78. The molecule has 120 valence electrons. The lowest BCUT2D eigenvalue weighted by molar-refractivity contribution is 0.980. The molecular weight excluding hydrogens is 368 g/mol. The van der Waals surface area contributed by atoms with Gasteiger partial charge < -0.3 is 0 Å². The predicted molar refractivity (Wildman–Crippen MR) is 115 cm³/mol. The molecule has 1 aliphatic carbocycles. The van der Waals surface area contributed by atoms with E-state index in [4.69, 9.17) is 0 Å². The van der Waals surface area contributed by atoms with E-state index < -0.39 is 0 Å². The van der Waals surface area contributed by atoms with Crippen LogP contribution in [-0.4, -0.2) is 0 Å². The highest BCUT2D eigenvalue weighted by atomic mass is 32.2. The molecule has 0 aromatic heterocycles. The van der Waals surface area contributed by atoms with Crippen LogP contribution in [0.2, 0.25) is 0 Å². The summed E-state index contributed by atoms with van der Waals surface area (Å²) in [5.74, 6) is 0. The Balaban J connectivity index is 1.91. The molecule has 0 spiro atoms. The van der Waals surface area contributed by atoms with Gasteiger partial charge in [-0.05, 0) is 45.6 Å². The summed E-state index contributed by atoms with van der Waals surface area (Å²) in [7, 11) is 0. The van der Waals surface area contributed by atoms with Crippen LogP contribution in [-0.2, 0) is 0 Å². The molecule has 1 aromatic carbocycles. The van der Waals surface area contributed by atoms with Crippen molar-refractivity contribution < 1.29 is 0 Å². The zero-order valence-electron chi connectivity index (χ0n) is 13.0. The van der Waals surface area contributed by atoms with Crippen LogP contribution in [0.5, 0.6) is 0 Å². The van der Waals surface area contributed by atoms with Crippen LogP contribution >= 0.6 is 47.0 Å². The van der Waals surface area contributed by atoms with Gasteiger partial charge in [-0.15, -0.1) is 0 Å². The van der Waals surface area contributed by atoms with E-state index in [1.807, 2.05) is 47.0 Å². The lowest BCUT2D eigenvalue weighted by Crippen LogP contribution is -2.00. The number of hydrogen-bond donors (Lipinski definition) is 0. The molecular formula is C20H16S4. The van der Waals surface area contributed by atoms with Crippen LogP contribution in [0.4, 0.5) is 0 Å². The van der Waals surface area contributed by atoms with Gasteiger partial charge in [0.1, 0.15) is 0 Å². The molecule has 4 rings (SSSR count). The highest BCUT2D eigenvalue weighted by Gasteiger charge is 2.24. The summed E-state index contributed by atoms with van der Waals surface area (Å²) in [6.45, 7) is 0. The van der Waals surface area contributed by atoms with Gasteiger partial charge in [0.15, 0.2) is 0 Å². The average molecular weight is 385 g/mol. The Morgan fingerprint density at radius 3 is 1.96 bits per heavy atom. The van der Waals surface area contributed by atoms with Gasteiger partial charge in [0.05, 0.1) is 8.47 Å². The maximum Gasteiger partial charge on any atom is 0.0572 e. The van der Waals surface area contributed by atoms with Gasteiger partial charge >= 0.3 is 0 Å². The van der Waals surface area contributed by atoms with Gasteiger partial charge in [-0.1, -0.05) is 95.6 Å². The first-order valence-corrected chi connectivity index (χ1v) is 11.3. The highest BCUT2D eigenvalue weighted by Crippen LogP contribution is 2.52. The van der Waals surface area contributed by atoms with Crippen LogP contribution in [0, 0.1) is 0 Å². The van der Waals surface area contributed by atoms with Crippen LogP contribution in [0.3, 0.4) is 0 Å². The predicted octanol–water partition coefficient (Wildman–Crippen LogP) is 7.75. The second-order valence-electron chi connectivity index (χ2n) is 5.37. The van der Waals surface area contributed by atoms with Gasteiger partial charge in [-0.25, -0.2) is 0 Å². The molecule has 0 fully saturated rings. The molecule has 0 radical (unpaired) electrons. The fourth-order valence-electron chi connectivity index (χ4n) is 2.82. The van der Waals surface area contributed by atoms with Gasteiger partial charge in [-0.3, -0.25) is 0 Å². The first-order valence-electron chi connectivity index (χ1n) is 7.80. The molecule has 0 nitrogen and oxygen atoms in total. The lowest BCUT2D eigenvalue weighted by atomic mass is 9.90. The molecule has 2 aliphatic heterocycles. The topological polar surface area (TPSA) is 0 Å². The fraction of sp³-hybridized carbons (Fsp3) is 0.100. The molecule has 24 heavy (non-hydrogen) atoms. The Morgan fingerprint density at radius 1 is 0.750 bits per heavy atom. The molecule has 0 atom stereocenters. The van der Waals surface area contributed by atoms with Crippen molar-refractivity contribution in [3.8, 4) is 0 Å². The van der Waals surface area contributed by atoms with Crippen molar-refractivity contribution >= 4 is 52.6 Å². The Hall–Kier alpha value is -0.940. The first-order chi connectivity index (χ1) is 11.9. The first kappa shape index (κ1) is 16.5. The third-order valence-corrected chi connectivity index (χ3v) is 8.13. The van der Waals surface area contributed by atoms with Gasteiger partial charge in [-0.2, -0.15) is 0 Å². The summed E-state index contributed by atoms with van der Waals surface area (Å²) in [6, 6.07) is 10.8. The number of rotatable bonds is 3. The van der Waals surface area contributed by atoms with Crippen molar-refractivity contribution in [2.24, 2.45) is 0 Å². The van der Waals surface area contributed by atoms with Gasteiger partial charge in [0, 0.05) is 11.1 Å². The van der Waals surface area contributed by atoms with E-state index in [0.717, 1.165) is 12.8 Å². The zero-order chi connectivity index (χ0) is 16.2. The third kappa shape index (κ3) is 3.52. The van der Waals surface area contributed by atoms with Gasteiger partial charge in [0.25, 0.3) is 0 Å². The standard InChI is InChI=1S/C20H16S4/c1-3-7-15(8-4-1)17(19-21-11-12-22-19)18(20-23-13-14-24-20)16-9-5-2-6-10-16/h1-5,7-9,11-14H,6,10H2. The minimum absolute atomic E-state index is 1.11. The molecule has 0 saturated carbocycles. The van der Waals surface area contributed by atoms with Crippen molar-refractivity contribution in [3.63, 3.8) is 0 Å². The van der Waals surface area contributed by atoms with E-state index in [-0.39, 0.29) is 0 Å². The number of hydrogen-bond acceptors (Lipinski definition) is 4. The average Bonchev–Trinajstić information content (AvgIpc) is 3.35. The molecule has 1 aromatic rings. The highest BCUT2D eigenvalue weighted by molar-refractivity contribution is 8.28. The normalized spacial score (nSPS) is 19.1. The second kappa shape index (κ2) is 7.96. The quantitative estimate of drug-likeness (QED) is 0.522. The number of benzene rings is 1. The maximum atomic E-state index is 2.30. The van der Waals surface area contributed by atoms with Crippen molar-refractivity contribution in [2.75, 3.05) is 0 Å². The molecule has 0 unspecified atom stereocenters. The molecule has 0 saturated heterocycles. The zero-order valence-corrected chi connectivity index (χ0v) is 16.2. The van der Waals surface area contributed by atoms with E-state index in [0.29, 0.717) is 0 Å². The number of allylic oxidation sites excluding steroid dienone is 6. The Kier molecular flexibility index (Phi) is 5.48. The molecule has 0 N–H and O–H groups in total. The van der Waals surface area contributed by atoms with Gasteiger partial charge in [0.2, 0.25) is 0 Å². The summed E-state index contributed by atoms with van der Waals surface area (Å²) in [5.41, 5.74) is 5.57. The molecule has 2 heterocycles. The van der Waals surface area contributed by atoms with E-state index in [1.54, 1.807) is 0 Å². The Morgan fingerprint density at radius 2 is 1.38 bits per heavy atom. The monoisotopic (exact) mass is 384 g/mol. The smallest absolute Gasteiger partial charge is 0.0572 e. The summed E-state index contributed by atoms with van der Waals surface area (Å²) >= 11 is 7.38. The molecule has 0 amide bonds. The Labute approximate surface area is 160 Å². The van der Waals surface area contributed by atoms with Crippen molar-refractivity contribution in [3.05, 3.63) is 95.4 Å². The van der Waals surface area contributed by atoms with E-state index in [9.17, 15) is 0 Å². The third-order valence-electron chi connectivity index (χ3n) is 3.87.